The normalized spacial score (nSPS) is 16.7. The summed E-state index contributed by atoms with van der Waals surface area (Å²) in [5.74, 6) is -2.42. The molecule has 29 heavy (non-hydrogen) atoms. The fourth-order valence-corrected chi connectivity index (χ4v) is 3.06. The minimum atomic E-state index is -4.80. The van der Waals surface area contributed by atoms with Crippen LogP contribution in [0.1, 0.15) is 43.5 Å². The van der Waals surface area contributed by atoms with Crippen molar-refractivity contribution in [2.75, 3.05) is 5.32 Å². The van der Waals surface area contributed by atoms with Gasteiger partial charge < -0.3 is 16.4 Å². The van der Waals surface area contributed by atoms with E-state index in [1.807, 2.05) is 0 Å². The number of aromatic nitrogens is 1. The predicted octanol–water partition coefficient (Wildman–Crippen LogP) is 4.18. The average molecular weight is 414 g/mol. The van der Waals surface area contributed by atoms with Crippen molar-refractivity contribution >= 4 is 17.3 Å². The molecule has 1 aliphatic carbocycles. The maximum atomic E-state index is 14.5. The van der Waals surface area contributed by atoms with Crippen LogP contribution < -0.4 is 16.4 Å². The third-order valence-corrected chi connectivity index (χ3v) is 4.91. The molecule has 2 aromatic rings. The molecule has 0 bridgehead atoms. The van der Waals surface area contributed by atoms with E-state index < -0.39 is 46.5 Å². The quantitative estimate of drug-likeness (QED) is 0.642. The van der Waals surface area contributed by atoms with Gasteiger partial charge in [-0.1, -0.05) is 6.07 Å². The number of hydrogen-bond acceptors (Lipinski definition) is 4. The lowest BCUT2D eigenvalue weighted by molar-refractivity contribution is -0.137. The zero-order chi connectivity index (χ0) is 21.4. The Morgan fingerprint density at radius 1 is 1.24 bits per heavy atom. The fourth-order valence-electron chi connectivity index (χ4n) is 3.06. The standard InChI is InChI=1S/C19H19F5N4O/c1-10(27-17(29)18(25)6-3-7-18)15-14(21)8-11(9-26-15)28-16-12(19(22,23)24)4-2-5-13(16)20/h2,4-5,8-10,28H,3,6-7,25H2,1H3,(H,27,29). The molecule has 1 atom stereocenters. The van der Waals surface area contributed by atoms with Crippen LogP contribution in [0.15, 0.2) is 30.5 Å². The molecule has 1 fully saturated rings. The van der Waals surface area contributed by atoms with Gasteiger partial charge in [0.15, 0.2) is 0 Å². The molecule has 0 spiro atoms. The highest BCUT2D eigenvalue weighted by Crippen LogP contribution is 2.37. The van der Waals surface area contributed by atoms with Gasteiger partial charge in [0.05, 0.1) is 40.4 Å². The van der Waals surface area contributed by atoms with E-state index in [4.69, 9.17) is 5.73 Å². The second-order valence-electron chi connectivity index (χ2n) is 7.08. The summed E-state index contributed by atoms with van der Waals surface area (Å²) in [5, 5.41) is 4.82. The van der Waals surface area contributed by atoms with Gasteiger partial charge in [0.25, 0.3) is 0 Å². The van der Waals surface area contributed by atoms with Crippen LogP contribution in [0.25, 0.3) is 0 Å². The van der Waals surface area contributed by atoms with Gasteiger partial charge in [-0.25, -0.2) is 8.78 Å². The molecule has 156 valence electrons. The molecule has 4 N–H and O–H groups in total. The van der Waals surface area contributed by atoms with Crippen molar-refractivity contribution < 1.29 is 26.7 Å². The summed E-state index contributed by atoms with van der Waals surface area (Å²) >= 11 is 0. The SMILES string of the molecule is CC(NC(=O)C1(N)CCC1)c1ncc(Nc2c(F)cccc2C(F)(F)F)cc1F. The molecule has 1 aromatic heterocycles. The van der Waals surface area contributed by atoms with E-state index >= 15 is 0 Å². The lowest BCUT2D eigenvalue weighted by Crippen LogP contribution is -2.58. The van der Waals surface area contributed by atoms with Gasteiger partial charge in [-0.15, -0.1) is 0 Å². The molecule has 10 heteroatoms. The zero-order valence-corrected chi connectivity index (χ0v) is 15.4. The molecule has 3 rings (SSSR count). The lowest BCUT2D eigenvalue weighted by atomic mass is 9.77. The van der Waals surface area contributed by atoms with Crippen LogP contribution in [-0.2, 0) is 11.0 Å². The maximum Gasteiger partial charge on any atom is 0.418 e. The Bertz CT molecular complexity index is 927. The molecular weight excluding hydrogens is 395 g/mol. The Morgan fingerprint density at radius 2 is 1.93 bits per heavy atom. The number of benzene rings is 1. The zero-order valence-electron chi connectivity index (χ0n) is 15.4. The number of carbonyl (C=O) groups excluding carboxylic acids is 1. The molecule has 1 aliphatic rings. The van der Waals surface area contributed by atoms with E-state index in [1.165, 1.54) is 6.92 Å². The molecule has 1 unspecified atom stereocenters. The number of pyridine rings is 1. The average Bonchev–Trinajstić information content (AvgIpc) is 2.60. The number of amides is 1. The number of hydrogen-bond donors (Lipinski definition) is 3. The summed E-state index contributed by atoms with van der Waals surface area (Å²) in [6.45, 7) is 1.51. The number of nitrogens with one attached hydrogen (secondary N) is 2. The first kappa shape index (κ1) is 21.0. The summed E-state index contributed by atoms with van der Waals surface area (Å²) < 4.78 is 67.7. The molecule has 0 aliphatic heterocycles. The van der Waals surface area contributed by atoms with Crippen LogP contribution >= 0.6 is 0 Å². The largest absolute Gasteiger partial charge is 0.418 e. The Kier molecular flexibility index (Phi) is 5.48. The Labute approximate surface area is 163 Å². The molecule has 1 saturated carbocycles. The molecule has 5 nitrogen and oxygen atoms in total. The highest BCUT2D eigenvalue weighted by atomic mass is 19.4. The lowest BCUT2D eigenvalue weighted by Gasteiger charge is -2.37. The maximum absolute atomic E-state index is 14.5. The van der Waals surface area contributed by atoms with Gasteiger partial charge in [0, 0.05) is 6.07 Å². The summed E-state index contributed by atoms with van der Waals surface area (Å²) in [6.07, 6.45) is -1.83. The molecular formula is C19H19F5N4O. The van der Waals surface area contributed by atoms with Gasteiger partial charge in [-0.05, 0) is 38.3 Å². The number of halogens is 5. The predicted molar refractivity (Wildman–Crippen MR) is 96.2 cm³/mol. The molecule has 0 saturated heterocycles. The van der Waals surface area contributed by atoms with Gasteiger partial charge in [0.1, 0.15) is 11.6 Å². The van der Waals surface area contributed by atoms with Crippen LogP contribution in [0.2, 0.25) is 0 Å². The number of alkyl halides is 3. The van der Waals surface area contributed by atoms with Gasteiger partial charge in [0.2, 0.25) is 5.91 Å². The summed E-state index contributed by atoms with van der Waals surface area (Å²) in [6, 6.07) is 2.58. The van der Waals surface area contributed by atoms with Gasteiger partial charge in [-0.2, -0.15) is 13.2 Å². The van der Waals surface area contributed by atoms with E-state index in [0.717, 1.165) is 30.8 Å². The van der Waals surface area contributed by atoms with Crippen molar-refractivity contribution in [2.45, 2.75) is 43.9 Å². The van der Waals surface area contributed by atoms with Crippen LogP contribution in [-0.4, -0.2) is 16.4 Å². The van der Waals surface area contributed by atoms with Crippen LogP contribution in [0.3, 0.4) is 0 Å². The Balaban J connectivity index is 1.79. The minimum Gasteiger partial charge on any atom is -0.351 e. The number of carbonyl (C=O) groups is 1. The second-order valence-corrected chi connectivity index (χ2v) is 7.08. The molecule has 0 radical (unpaired) electrons. The van der Waals surface area contributed by atoms with Gasteiger partial charge in [-0.3, -0.25) is 9.78 Å². The van der Waals surface area contributed by atoms with Crippen molar-refractivity contribution in [1.29, 1.82) is 0 Å². The van der Waals surface area contributed by atoms with E-state index in [9.17, 15) is 26.7 Å². The first-order valence-electron chi connectivity index (χ1n) is 8.89. The highest BCUT2D eigenvalue weighted by molar-refractivity contribution is 5.87. The second kappa shape index (κ2) is 7.58. The van der Waals surface area contributed by atoms with Gasteiger partial charge >= 0.3 is 6.18 Å². The summed E-state index contributed by atoms with van der Waals surface area (Å²) in [5.41, 5.74) is 2.61. The van der Waals surface area contributed by atoms with Crippen LogP contribution in [0.5, 0.6) is 0 Å². The monoisotopic (exact) mass is 414 g/mol. The summed E-state index contributed by atoms with van der Waals surface area (Å²) in [4.78, 5) is 16.1. The number of rotatable bonds is 5. The highest BCUT2D eigenvalue weighted by Gasteiger charge is 2.40. The Hall–Kier alpha value is -2.75. The van der Waals surface area contributed by atoms with E-state index in [-0.39, 0.29) is 11.4 Å². The molecule has 1 heterocycles. The van der Waals surface area contributed by atoms with Crippen molar-refractivity contribution in [3.05, 3.63) is 53.4 Å². The number of nitrogens with two attached hydrogens (primary N) is 1. The third-order valence-electron chi connectivity index (χ3n) is 4.91. The van der Waals surface area contributed by atoms with E-state index in [0.29, 0.717) is 18.9 Å². The number of nitrogens with zero attached hydrogens (tertiary/aromatic N) is 1. The molecule has 1 amide bonds. The Morgan fingerprint density at radius 3 is 2.48 bits per heavy atom. The van der Waals surface area contributed by atoms with Crippen molar-refractivity contribution in [1.82, 2.24) is 10.3 Å². The third kappa shape index (κ3) is 4.31. The topological polar surface area (TPSA) is 80.0 Å². The smallest absolute Gasteiger partial charge is 0.351 e. The van der Waals surface area contributed by atoms with Crippen molar-refractivity contribution in [3.63, 3.8) is 0 Å². The number of anilines is 2. The van der Waals surface area contributed by atoms with Crippen molar-refractivity contribution in [2.24, 2.45) is 5.73 Å². The first-order valence-corrected chi connectivity index (χ1v) is 8.89. The van der Waals surface area contributed by atoms with Crippen LogP contribution in [0, 0.1) is 11.6 Å². The van der Waals surface area contributed by atoms with Crippen LogP contribution in [0.4, 0.5) is 33.3 Å². The summed E-state index contributed by atoms with van der Waals surface area (Å²) in [7, 11) is 0. The van der Waals surface area contributed by atoms with Crippen molar-refractivity contribution in [3.8, 4) is 0 Å². The molecule has 1 aromatic carbocycles. The fraction of sp³-hybridized carbons (Fsp3) is 0.368. The number of para-hydroxylation sites is 1. The minimum absolute atomic E-state index is 0.114. The van der Waals surface area contributed by atoms with E-state index in [1.54, 1.807) is 0 Å². The first-order chi connectivity index (χ1) is 13.5. The van der Waals surface area contributed by atoms with E-state index in [2.05, 4.69) is 15.6 Å².